The Hall–Kier alpha value is -1.92. The maximum Gasteiger partial charge on any atom is 0.331 e. The van der Waals surface area contributed by atoms with Gasteiger partial charge in [-0.2, -0.15) is 0 Å². The lowest BCUT2D eigenvalue weighted by Crippen LogP contribution is -2.62. The van der Waals surface area contributed by atoms with Crippen molar-refractivity contribution in [1.82, 2.24) is 0 Å². The van der Waals surface area contributed by atoms with Gasteiger partial charge in [0.2, 0.25) is 0 Å². The van der Waals surface area contributed by atoms with Crippen molar-refractivity contribution in [2.24, 2.45) is 34.5 Å². The van der Waals surface area contributed by atoms with Crippen molar-refractivity contribution in [3.63, 3.8) is 0 Å². The topological polar surface area (TPSA) is 268 Å². The van der Waals surface area contributed by atoms with E-state index in [9.17, 15) is 45.3 Å². The number of fused-ring (bicyclic) bond motifs is 5. The molecule has 19 heteroatoms. The van der Waals surface area contributed by atoms with Crippen LogP contribution in [0.5, 0.6) is 0 Å². The molecule has 4 saturated heterocycles. The monoisotopic (exact) mass is 968 g/mol. The number of carbonyl (C=O) groups excluding carboxylic acids is 2. The van der Waals surface area contributed by atoms with Crippen molar-refractivity contribution < 1.29 is 92.7 Å². The van der Waals surface area contributed by atoms with Gasteiger partial charge in [0, 0.05) is 37.7 Å². The van der Waals surface area contributed by atoms with Crippen molar-refractivity contribution in [2.75, 3.05) is 13.2 Å². The van der Waals surface area contributed by atoms with Crippen LogP contribution in [0.1, 0.15) is 119 Å². The summed E-state index contributed by atoms with van der Waals surface area (Å²) in [6.45, 7) is 10.8. The van der Waals surface area contributed by atoms with Crippen molar-refractivity contribution in [1.29, 1.82) is 0 Å². The van der Waals surface area contributed by atoms with Crippen molar-refractivity contribution >= 4 is 11.9 Å². The lowest BCUT2D eigenvalue weighted by molar-refractivity contribution is -0.355. The second-order valence-corrected chi connectivity index (χ2v) is 22.1. The molecule has 0 aromatic rings. The smallest absolute Gasteiger partial charge is 0.331 e. The summed E-state index contributed by atoms with van der Waals surface area (Å²) < 4.78 is 60.2. The summed E-state index contributed by atoms with van der Waals surface area (Å²) in [6.07, 6.45) is -7.65. The van der Waals surface area contributed by atoms with E-state index in [-0.39, 0.29) is 54.0 Å². The van der Waals surface area contributed by atoms with Crippen LogP contribution < -0.4 is 0 Å². The molecule has 19 nitrogen and oxygen atoms in total. The summed E-state index contributed by atoms with van der Waals surface area (Å²) in [5.41, 5.74) is 0.0925. The van der Waals surface area contributed by atoms with Crippen molar-refractivity contribution in [3.8, 4) is 0 Å². The molecule has 4 saturated carbocycles. The molecule has 0 bridgehead atoms. The molecule has 9 aliphatic rings. The molecule has 68 heavy (non-hydrogen) atoms. The predicted octanol–water partition coefficient (Wildman–Crippen LogP) is 1.64. The first-order chi connectivity index (χ1) is 32.2. The van der Waals surface area contributed by atoms with E-state index in [2.05, 4.69) is 13.8 Å². The number of hydrogen-bond donors (Lipinski definition) is 7. The second kappa shape index (κ2) is 19.8. The maximum absolute atomic E-state index is 12.6. The highest BCUT2D eigenvalue weighted by molar-refractivity contribution is 5.85. The molecule has 0 amide bonds. The predicted molar refractivity (Wildman–Crippen MR) is 233 cm³/mol. The molecule has 1 unspecified atom stereocenters. The van der Waals surface area contributed by atoms with Crippen molar-refractivity contribution in [3.05, 3.63) is 11.6 Å². The van der Waals surface area contributed by atoms with E-state index in [1.54, 1.807) is 19.9 Å². The first kappa shape index (κ1) is 51.0. The number of cyclic esters (lactones) is 1. The van der Waals surface area contributed by atoms with Gasteiger partial charge in [0.15, 0.2) is 25.2 Å². The summed E-state index contributed by atoms with van der Waals surface area (Å²) in [6, 6.07) is 0. The van der Waals surface area contributed by atoms with Crippen LogP contribution in [-0.4, -0.2) is 177 Å². The number of aliphatic hydroxyl groups excluding tert-OH is 6. The summed E-state index contributed by atoms with van der Waals surface area (Å²) in [4.78, 5) is 24.2. The van der Waals surface area contributed by atoms with Gasteiger partial charge in [-0.3, -0.25) is 4.79 Å². The molecular weight excluding hydrogens is 893 g/mol. The number of hydrogen-bond acceptors (Lipinski definition) is 19. The average Bonchev–Trinajstić information content (AvgIpc) is 3.83. The molecule has 9 rings (SSSR count). The maximum atomic E-state index is 12.6. The Morgan fingerprint density at radius 1 is 0.706 bits per heavy atom. The average molecular weight is 969 g/mol. The van der Waals surface area contributed by atoms with Gasteiger partial charge >= 0.3 is 11.9 Å². The molecule has 0 aromatic carbocycles. The third-order valence-corrected chi connectivity index (χ3v) is 18.3. The Bertz CT molecular complexity index is 1810. The van der Waals surface area contributed by atoms with Gasteiger partial charge in [-0.1, -0.05) is 13.8 Å². The third kappa shape index (κ3) is 9.36. The van der Waals surface area contributed by atoms with Gasteiger partial charge in [-0.15, -0.1) is 0 Å². The normalized spacial score (nSPS) is 52.8. The molecule has 8 fully saturated rings. The highest BCUT2D eigenvalue weighted by Gasteiger charge is 2.68. The standard InChI is InChI=1S/C49H76O19/c1-22-43(66-38-18-33(53)44(23(2)61-38)67-39-19-34(63-25(4)51)45(24(3)62-39)68-46-42(57)41(56)40(55)35(20-50)65-46)32(52)17-37(60-22)64-28-9-12-47(5)27(16-28)7-8-31-30(47)10-13-48(6)29(11-14-49(31,48)58)26-15-36(54)59-21-26/h15,22-24,27-35,37-46,50,52-53,55-58H,7-14,16-21H2,1-6H3/t22-,23-,24-,27-,28?,29-,30+,31-,32+,33+,34+,35-,37+,38+,39+,40-,41+,42-,43-,44-,45-,46+,47+,48-,49+/m1/s1. The third-order valence-electron chi connectivity index (χ3n) is 18.3. The van der Waals surface area contributed by atoms with E-state index in [0.29, 0.717) is 18.4 Å². The van der Waals surface area contributed by atoms with Crippen LogP contribution in [-0.2, 0) is 57.0 Å². The van der Waals surface area contributed by atoms with E-state index in [4.69, 9.17) is 47.4 Å². The highest BCUT2D eigenvalue weighted by atomic mass is 16.8. The van der Waals surface area contributed by atoms with Gasteiger partial charge in [0.1, 0.15) is 55.4 Å². The lowest BCUT2D eigenvalue weighted by Gasteiger charge is -2.64. The van der Waals surface area contributed by atoms with Gasteiger partial charge in [0.25, 0.3) is 0 Å². The molecule has 7 N–H and O–H groups in total. The SMILES string of the molecule is CC(=O)O[C@H]1C[C@H](O[C@H]2[C@@H](O)C[C@H](O[C@H]3[C@@H](O)C[C@H](OC4CC[C@@]5(C)[C@H](CC[C@@H]6[C@@H]5CC[C@]5(C)[C@@H](C7=CC(=O)OC7)CC[C@]65O)C4)O[C@@H]3C)O[C@@H]2C)O[C@H](C)[C@H]1O[C@@H]1O[C@H](CO)[C@@H](O)[C@H](O)[C@H]1O. The number of carbonyl (C=O) groups is 2. The molecule has 0 aromatic heterocycles. The first-order valence-corrected chi connectivity index (χ1v) is 25.2. The zero-order valence-corrected chi connectivity index (χ0v) is 40.2. The van der Waals surface area contributed by atoms with E-state index >= 15 is 0 Å². The minimum Gasteiger partial charge on any atom is -0.459 e. The summed E-state index contributed by atoms with van der Waals surface area (Å²) in [7, 11) is 0. The minimum absolute atomic E-state index is 0.0126. The van der Waals surface area contributed by atoms with Gasteiger partial charge in [0.05, 0.1) is 48.8 Å². The summed E-state index contributed by atoms with van der Waals surface area (Å²) in [5.74, 6) is 0.357. The van der Waals surface area contributed by atoms with Crippen LogP contribution in [0.3, 0.4) is 0 Å². The number of ether oxygens (including phenoxy) is 10. The van der Waals surface area contributed by atoms with Gasteiger partial charge in [-0.05, 0) is 113 Å². The van der Waals surface area contributed by atoms with Crippen molar-refractivity contribution in [2.45, 2.75) is 235 Å². The molecular formula is C49H76O19. The Kier molecular flexibility index (Phi) is 14.9. The molecule has 386 valence electrons. The van der Waals surface area contributed by atoms with Gasteiger partial charge in [-0.25, -0.2) is 4.79 Å². The van der Waals surface area contributed by atoms with E-state index in [1.165, 1.54) is 6.92 Å². The molecule has 0 spiro atoms. The molecule has 5 aliphatic heterocycles. The second-order valence-electron chi connectivity index (χ2n) is 22.1. The fraction of sp³-hybridized carbons (Fsp3) is 0.918. The van der Waals surface area contributed by atoms with Crippen LogP contribution in [0.2, 0.25) is 0 Å². The first-order valence-electron chi connectivity index (χ1n) is 25.2. The number of aliphatic hydroxyl groups is 7. The Morgan fingerprint density at radius 3 is 1.94 bits per heavy atom. The molecule has 25 atom stereocenters. The quantitative estimate of drug-likeness (QED) is 0.115. The number of esters is 2. The van der Waals surface area contributed by atoms with Crippen LogP contribution in [0.25, 0.3) is 0 Å². The van der Waals surface area contributed by atoms with E-state index < -0.39 is 123 Å². The largest absolute Gasteiger partial charge is 0.459 e. The molecule has 4 aliphatic carbocycles. The molecule has 0 radical (unpaired) electrons. The fourth-order valence-electron chi connectivity index (χ4n) is 14.6. The van der Waals surface area contributed by atoms with Crippen LogP contribution >= 0.6 is 0 Å². The highest BCUT2D eigenvalue weighted by Crippen LogP contribution is 2.70. The van der Waals surface area contributed by atoms with Crippen LogP contribution in [0.15, 0.2) is 11.6 Å². The number of rotatable bonds is 11. The molecule has 5 heterocycles. The zero-order valence-electron chi connectivity index (χ0n) is 40.2. The Labute approximate surface area is 398 Å². The lowest BCUT2D eigenvalue weighted by atomic mass is 9.43. The summed E-state index contributed by atoms with van der Waals surface area (Å²) in [5, 5.41) is 76.1. The van der Waals surface area contributed by atoms with Gasteiger partial charge < -0.3 is 83.1 Å². The fourth-order valence-corrected chi connectivity index (χ4v) is 14.6. The van der Waals surface area contributed by atoms with Crippen LogP contribution in [0.4, 0.5) is 0 Å². The van der Waals surface area contributed by atoms with Crippen LogP contribution in [0, 0.1) is 34.5 Å². The summed E-state index contributed by atoms with van der Waals surface area (Å²) >= 11 is 0. The Morgan fingerprint density at radius 2 is 1.34 bits per heavy atom. The zero-order chi connectivity index (χ0) is 48.6. The van der Waals surface area contributed by atoms with E-state index in [1.807, 2.05) is 6.92 Å². The van der Waals surface area contributed by atoms with E-state index in [0.717, 1.165) is 63.4 Å². The minimum atomic E-state index is -1.68. The Balaban J connectivity index is 0.746.